The maximum atomic E-state index is 13.0. The van der Waals surface area contributed by atoms with Gasteiger partial charge < -0.3 is 19.7 Å². The molecule has 3 heterocycles. The van der Waals surface area contributed by atoms with Gasteiger partial charge in [0.1, 0.15) is 23.1 Å². The van der Waals surface area contributed by atoms with Crippen molar-refractivity contribution >= 4 is 17.5 Å². The maximum absolute atomic E-state index is 13.0. The highest BCUT2D eigenvalue weighted by atomic mass is 16.6. The van der Waals surface area contributed by atoms with Crippen molar-refractivity contribution in [1.29, 1.82) is 0 Å². The summed E-state index contributed by atoms with van der Waals surface area (Å²) in [6.07, 6.45) is 0.200. The van der Waals surface area contributed by atoms with E-state index in [1.165, 1.54) is 0 Å². The van der Waals surface area contributed by atoms with Crippen LogP contribution in [0.25, 0.3) is 0 Å². The van der Waals surface area contributed by atoms with Gasteiger partial charge >= 0.3 is 5.97 Å². The number of carbonyl (C=O) groups excluding carboxylic acids is 3. The van der Waals surface area contributed by atoms with Crippen LogP contribution in [-0.4, -0.2) is 51.7 Å². The lowest BCUT2D eigenvalue weighted by Gasteiger charge is -2.60. The van der Waals surface area contributed by atoms with Gasteiger partial charge in [-0.3, -0.25) is 9.59 Å². The van der Waals surface area contributed by atoms with Gasteiger partial charge in [0.15, 0.2) is 17.1 Å². The van der Waals surface area contributed by atoms with Gasteiger partial charge in [-0.1, -0.05) is 13.8 Å². The second-order valence-corrected chi connectivity index (χ2v) is 8.81. The highest BCUT2D eigenvalue weighted by Gasteiger charge is 2.72. The summed E-state index contributed by atoms with van der Waals surface area (Å²) >= 11 is 0. The second-order valence-electron chi connectivity index (χ2n) is 8.81. The molecule has 0 radical (unpaired) electrons. The normalized spacial score (nSPS) is 46.9. The third kappa shape index (κ3) is 2.30. The van der Waals surface area contributed by atoms with E-state index in [-0.39, 0.29) is 48.3 Å². The highest BCUT2D eigenvalue weighted by Crippen LogP contribution is 2.61. The van der Waals surface area contributed by atoms with Crippen molar-refractivity contribution in [3.05, 3.63) is 11.3 Å². The standard InChI is InChI=1S/C20H26O7/c1-9-6-10(2)15(23)14-17-20(27-18(14)25)7-11(8-21)19(3,26-17)16(24)12(20)4-5-13(9)22/h9-12,16,21,24H,4-8H2,1-3H3/t9-,10+,11+,12+,16+,19+,20+/m1/s1. The molecule has 0 aromatic carbocycles. The Hall–Kier alpha value is -1.73. The van der Waals surface area contributed by atoms with Crippen LogP contribution in [0, 0.1) is 23.7 Å². The summed E-state index contributed by atoms with van der Waals surface area (Å²) in [4.78, 5) is 38.3. The molecule has 27 heavy (non-hydrogen) atoms. The number of Topliss-reactive ketones (excluding diaryl/α,β-unsaturated/α-hetero) is 2. The molecular weight excluding hydrogens is 352 g/mol. The molecule has 2 saturated heterocycles. The number of aliphatic hydroxyl groups is 2. The Bertz CT molecular complexity index is 755. The van der Waals surface area contributed by atoms with Crippen LogP contribution in [0.1, 0.15) is 46.5 Å². The maximum Gasteiger partial charge on any atom is 0.346 e. The number of fused-ring (bicyclic) bond motifs is 1. The Morgan fingerprint density at radius 2 is 1.85 bits per heavy atom. The van der Waals surface area contributed by atoms with E-state index in [1.54, 1.807) is 20.8 Å². The van der Waals surface area contributed by atoms with Gasteiger partial charge in [0.2, 0.25) is 0 Å². The van der Waals surface area contributed by atoms with E-state index in [4.69, 9.17) is 9.47 Å². The van der Waals surface area contributed by atoms with E-state index in [0.717, 1.165) is 0 Å². The predicted molar refractivity (Wildman–Crippen MR) is 92.2 cm³/mol. The van der Waals surface area contributed by atoms with E-state index >= 15 is 0 Å². The Kier molecular flexibility index (Phi) is 4.06. The molecule has 3 fully saturated rings. The third-order valence-electron chi connectivity index (χ3n) is 7.21. The van der Waals surface area contributed by atoms with Crippen molar-refractivity contribution in [3.8, 4) is 0 Å². The smallest absolute Gasteiger partial charge is 0.346 e. The molecule has 0 unspecified atom stereocenters. The minimum absolute atomic E-state index is 0.0418. The SMILES string of the molecule is C[C@@H]1C[C@H](C)C(=O)C2=C3O[C@@]4(C)[C@H](CO)C[C@]3(OC2=O)[C@@H](CCC1=O)[C@@H]4O. The van der Waals surface area contributed by atoms with Crippen molar-refractivity contribution in [3.63, 3.8) is 0 Å². The zero-order valence-electron chi connectivity index (χ0n) is 15.9. The molecule has 7 nitrogen and oxygen atoms in total. The van der Waals surface area contributed by atoms with Crippen molar-refractivity contribution in [2.24, 2.45) is 23.7 Å². The number of ketones is 2. The van der Waals surface area contributed by atoms with Crippen LogP contribution in [0.5, 0.6) is 0 Å². The number of hydrogen-bond donors (Lipinski definition) is 2. The summed E-state index contributed by atoms with van der Waals surface area (Å²) in [5, 5.41) is 20.9. The topological polar surface area (TPSA) is 110 Å². The Labute approximate surface area is 157 Å². The fourth-order valence-corrected chi connectivity index (χ4v) is 5.47. The van der Waals surface area contributed by atoms with Crippen molar-refractivity contribution < 1.29 is 34.1 Å². The number of hydrogen-bond acceptors (Lipinski definition) is 7. The Morgan fingerprint density at radius 3 is 2.52 bits per heavy atom. The summed E-state index contributed by atoms with van der Waals surface area (Å²) in [5.41, 5.74) is -2.49. The lowest BCUT2D eigenvalue weighted by molar-refractivity contribution is -0.280. The molecule has 0 amide bonds. The van der Waals surface area contributed by atoms with Gasteiger partial charge in [-0.15, -0.1) is 0 Å². The van der Waals surface area contributed by atoms with Crippen LogP contribution in [0.2, 0.25) is 0 Å². The molecule has 5 bridgehead atoms. The summed E-state index contributed by atoms with van der Waals surface area (Å²) < 4.78 is 11.8. The minimum Gasteiger partial charge on any atom is -0.483 e. The lowest BCUT2D eigenvalue weighted by Crippen LogP contribution is -2.70. The predicted octanol–water partition coefficient (Wildman–Crippen LogP) is 0.909. The van der Waals surface area contributed by atoms with E-state index in [1.807, 2.05) is 0 Å². The van der Waals surface area contributed by atoms with Crippen molar-refractivity contribution in [2.45, 2.75) is 63.8 Å². The number of ether oxygens (including phenoxy) is 2. The third-order valence-corrected chi connectivity index (χ3v) is 7.21. The van der Waals surface area contributed by atoms with Crippen LogP contribution >= 0.6 is 0 Å². The molecule has 1 spiro atoms. The van der Waals surface area contributed by atoms with Crippen LogP contribution in [0.15, 0.2) is 11.3 Å². The monoisotopic (exact) mass is 378 g/mol. The first-order valence-electron chi connectivity index (χ1n) is 9.68. The summed E-state index contributed by atoms with van der Waals surface area (Å²) in [6.45, 7) is 4.97. The molecule has 2 N–H and O–H groups in total. The molecule has 7 atom stereocenters. The average molecular weight is 378 g/mol. The largest absolute Gasteiger partial charge is 0.483 e. The highest BCUT2D eigenvalue weighted by molar-refractivity contribution is 6.20. The molecule has 0 aromatic rings. The van der Waals surface area contributed by atoms with Crippen LogP contribution < -0.4 is 0 Å². The zero-order chi connectivity index (χ0) is 19.7. The van der Waals surface area contributed by atoms with Gasteiger partial charge in [-0.05, 0) is 19.8 Å². The van der Waals surface area contributed by atoms with E-state index in [9.17, 15) is 24.6 Å². The number of esters is 1. The Morgan fingerprint density at radius 1 is 1.15 bits per heavy atom. The summed E-state index contributed by atoms with van der Waals surface area (Å²) in [6, 6.07) is 0. The van der Waals surface area contributed by atoms with E-state index in [2.05, 4.69) is 0 Å². The van der Waals surface area contributed by atoms with Crippen LogP contribution in [0.4, 0.5) is 0 Å². The first-order valence-corrected chi connectivity index (χ1v) is 9.68. The molecule has 7 heteroatoms. The van der Waals surface area contributed by atoms with E-state index in [0.29, 0.717) is 12.8 Å². The molecule has 0 aromatic heterocycles. The molecule has 1 saturated carbocycles. The molecule has 2 aliphatic carbocycles. The average Bonchev–Trinajstić information content (AvgIpc) is 2.89. The lowest BCUT2D eigenvalue weighted by atomic mass is 9.57. The van der Waals surface area contributed by atoms with Gasteiger partial charge in [0.05, 0.1) is 0 Å². The quantitative estimate of drug-likeness (QED) is 0.515. The first kappa shape index (κ1) is 18.6. The van der Waals surface area contributed by atoms with Gasteiger partial charge in [-0.25, -0.2) is 4.79 Å². The minimum atomic E-state index is -1.28. The number of carbonyl (C=O) groups is 3. The second kappa shape index (κ2) is 5.88. The fourth-order valence-electron chi connectivity index (χ4n) is 5.47. The Balaban J connectivity index is 1.90. The molecule has 5 rings (SSSR count). The van der Waals surface area contributed by atoms with Gasteiger partial charge in [-0.2, -0.15) is 0 Å². The summed E-state index contributed by atoms with van der Waals surface area (Å²) in [5.74, 6) is -2.65. The molecule has 5 aliphatic rings. The van der Waals surface area contributed by atoms with E-state index < -0.39 is 41.0 Å². The number of rotatable bonds is 1. The van der Waals surface area contributed by atoms with Gasteiger partial charge in [0, 0.05) is 43.1 Å². The molecule has 148 valence electrons. The van der Waals surface area contributed by atoms with Crippen molar-refractivity contribution in [1.82, 2.24) is 0 Å². The zero-order valence-corrected chi connectivity index (χ0v) is 15.9. The van der Waals surface area contributed by atoms with Crippen LogP contribution in [0.3, 0.4) is 0 Å². The van der Waals surface area contributed by atoms with Crippen molar-refractivity contribution in [2.75, 3.05) is 6.61 Å². The summed E-state index contributed by atoms with van der Waals surface area (Å²) in [7, 11) is 0. The first-order chi connectivity index (χ1) is 12.7. The van der Waals surface area contributed by atoms with Crippen LogP contribution in [-0.2, 0) is 23.9 Å². The number of aliphatic hydroxyl groups excluding tert-OH is 2. The molecule has 3 aliphatic heterocycles. The fraction of sp³-hybridized carbons (Fsp3) is 0.750. The molecular formula is C20H26O7. The van der Waals surface area contributed by atoms with Gasteiger partial charge in [0.25, 0.3) is 0 Å².